The normalized spacial score (nSPS) is 31.5. The van der Waals surface area contributed by atoms with Crippen LogP contribution in [-0.2, 0) is 12.2 Å². The summed E-state index contributed by atoms with van der Waals surface area (Å²) < 4.78 is 6.64. The predicted octanol–water partition coefficient (Wildman–Crippen LogP) is 5.96. The van der Waals surface area contributed by atoms with E-state index in [0.717, 1.165) is 48.1 Å². The van der Waals surface area contributed by atoms with Crippen LogP contribution in [-0.4, -0.2) is 67.3 Å². The molecule has 11 heteroatoms. The van der Waals surface area contributed by atoms with Crippen molar-refractivity contribution in [1.29, 1.82) is 0 Å². The average Bonchev–Trinajstić information content (AvgIpc) is 3.59. The van der Waals surface area contributed by atoms with Crippen LogP contribution < -0.4 is 15.5 Å². The molecule has 7 N–H and O–H groups in total. The minimum atomic E-state index is -1.05. The van der Waals surface area contributed by atoms with Gasteiger partial charge in [0.15, 0.2) is 11.5 Å². The minimum absolute atomic E-state index is 0.0713. The molecule has 0 amide bonds. The zero-order valence-corrected chi connectivity index (χ0v) is 31.4. The zero-order chi connectivity index (χ0) is 36.6. The Labute approximate surface area is 315 Å². The molecule has 1 aliphatic heterocycles. The van der Waals surface area contributed by atoms with E-state index in [9.17, 15) is 25.5 Å². The molecule has 2 aliphatic carbocycles. The van der Waals surface area contributed by atoms with Gasteiger partial charge in [-0.1, -0.05) is 83.5 Å². The number of phenols is 1. The van der Waals surface area contributed by atoms with Gasteiger partial charge in [-0.3, -0.25) is 0 Å². The van der Waals surface area contributed by atoms with Gasteiger partial charge in [0.2, 0.25) is 0 Å². The van der Waals surface area contributed by atoms with Crippen LogP contribution in [0.25, 0.3) is 0 Å². The summed E-state index contributed by atoms with van der Waals surface area (Å²) in [5.41, 5.74) is 10.1. The third-order valence-electron chi connectivity index (χ3n) is 11.1. The molecule has 2 aromatic heterocycles. The second kappa shape index (κ2) is 18.3. The lowest BCUT2D eigenvalue weighted by Gasteiger charge is -2.33. The SMILES string of the molecule is CC[C@@H]1C#C[C@@H]2C=C[C@@H](c3ccc(O)c(O[C@@H]4C[C@H](Cc5ccc[n-]5)c5ccnc(N)c5CSSC[C@H](CO)[C@H]4O)c3)C[C@@H](O)[C@H]2[C@@H](O)CCCC1. The van der Waals surface area contributed by atoms with Crippen LogP contribution in [0.4, 0.5) is 5.82 Å². The van der Waals surface area contributed by atoms with Crippen molar-refractivity contribution >= 4 is 27.4 Å². The highest BCUT2D eigenvalue weighted by Gasteiger charge is 2.37. The van der Waals surface area contributed by atoms with Gasteiger partial charge in [0.25, 0.3) is 0 Å². The number of hydrogen-bond donors (Lipinski definition) is 6. The Kier molecular flexibility index (Phi) is 13.6. The molecule has 0 bridgehead atoms. The molecule has 3 heterocycles. The van der Waals surface area contributed by atoms with Crippen molar-refractivity contribution in [1.82, 2.24) is 9.97 Å². The lowest BCUT2D eigenvalue weighted by molar-refractivity contribution is -0.0195. The van der Waals surface area contributed by atoms with Crippen molar-refractivity contribution in [3.05, 3.63) is 83.3 Å². The van der Waals surface area contributed by atoms with Gasteiger partial charge in [-0.05, 0) is 73.8 Å². The number of benzene rings is 1. The molecule has 0 fully saturated rings. The highest BCUT2D eigenvalue weighted by molar-refractivity contribution is 8.76. The number of aromatic nitrogens is 2. The van der Waals surface area contributed by atoms with Gasteiger partial charge in [-0.15, -0.1) is 0 Å². The van der Waals surface area contributed by atoms with Crippen molar-refractivity contribution in [2.75, 3.05) is 18.1 Å². The van der Waals surface area contributed by atoms with Gasteiger partial charge in [0.05, 0.1) is 18.3 Å². The summed E-state index contributed by atoms with van der Waals surface area (Å²) in [6, 6.07) is 11.1. The second-order valence-corrected chi connectivity index (χ2v) is 17.0. The first-order valence-corrected chi connectivity index (χ1v) is 21.1. The maximum Gasteiger partial charge on any atom is 0.161 e. The number of nitrogens with zero attached hydrogens (tertiary/aromatic N) is 2. The monoisotopic (exact) mass is 746 g/mol. The molecule has 9 nitrogen and oxygen atoms in total. The van der Waals surface area contributed by atoms with Gasteiger partial charge in [-0.25, -0.2) is 4.98 Å². The first kappa shape index (κ1) is 38.6. The average molecular weight is 747 g/mol. The number of rotatable bonds is 7. The fourth-order valence-corrected chi connectivity index (χ4v) is 10.5. The number of fused-ring (bicyclic) bond motifs is 2. The van der Waals surface area contributed by atoms with Gasteiger partial charge in [0, 0.05) is 59.5 Å². The fraction of sp³-hybridized carbons (Fsp3) is 0.537. The molecule has 0 spiro atoms. The number of ether oxygens (including phenoxy) is 1. The largest absolute Gasteiger partial charge is 0.668 e. The Hall–Kier alpha value is -3.11. The number of phenolic OH excluding ortho intramolecular Hbond substituents is 1. The number of anilines is 1. The van der Waals surface area contributed by atoms with Gasteiger partial charge >= 0.3 is 0 Å². The maximum atomic E-state index is 11.9. The topological polar surface area (TPSA) is 163 Å². The Balaban J connectivity index is 1.32. The van der Waals surface area contributed by atoms with Gasteiger partial charge < -0.3 is 41.0 Å². The van der Waals surface area contributed by atoms with E-state index in [-0.39, 0.29) is 35.9 Å². The van der Waals surface area contributed by atoms with Crippen molar-refractivity contribution in [2.45, 2.75) is 100 Å². The molecule has 10 atom stereocenters. The summed E-state index contributed by atoms with van der Waals surface area (Å²) in [5.74, 6) is 7.37. The standard InChI is InChI=1S/C41H52N3O6S2/c1-2-25-6-3-4-8-35(47)39-26(10-9-25)11-12-27(19-36(39)48)28-13-14-34(46)37(20-28)50-38-21-29(18-31-7-5-16-43-31)32-15-17-44-41(42)33(32)24-52-51-23-30(22-45)40(38)49/h5,7,11-17,20,25-27,29-30,35-36,38-40,45-49H,2-4,6,8,18-19,21-24H2,1H3,(H2,42,44)/q-1/t25-,26+,27+,29-,30-,35-,36+,38+,39+,40+/m0/s1. The van der Waals surface area contributed by atoms with E-state index in [1.165, 1.54) is 0 Å². The lowest BCUT2D eigenvalue weighted by Crippen LogP contribution is -2.41. The number of aromatic hydroxyl groups is 1. The molecule has 1 aromatic carbocycles. The molecule has 3 aliphatic rings. The first-order chi connectivity index (χ1) is 25.2. The minimum Gasteiger partial charge on any atom is -0.668 e. The predicted molar refractivity (Wildman–Crippen MR) is 208 cm³/mol. The van der Waals surface area contributed by atoms with Crippen LogP contribution in [0.15, 0.2) is 60.9 Å². The third kappa shape index (κ3) is 9.33. The van der Waals surface area contributed by atoms with E-state index in [1.807, 2.05) is 30.3 Å². The van der Waals surface area contributed by atoms with E-state index in [1.54, 1.807) is 46.1 Å². The van der Waals surface area contributed by atoms with Crippen molar-refractivity contribution < 1.29 is 30.3 Å². The van der Waals surface area contributed by atoms with Crippen LogP contribution in [0, 0.1) is 35.5 Å². The Morgan fingerprint density at radius 2 is 1.87 bits per heavy atom. The Bertz CT molecular complexity index is 1690. The molecule has 280 valence electrons. The highest BCUT2D eigenvalue weighted by atomic mass is 33.1. The molecule has 52 heavy (non-hydrogen) atoms. The smallest absolute Gasteiger partial charge is 0.161 e. The Morgan fingerprint density at radius 3 is 2.65 bits per heavy atom. The van der Waals surface area contributed by atoms with E-state index < -0.39 is 36.3 Å². The van der Waals surface area contributed by atoms with Crippen LogP contribution in [0.2, 0.25) is 0 Å². The van der Waals surface area contributed by atoms with E-state index >= 15 is 0 Å². The number of allylic oxidation sites excluding steroid dienone is 2. The highest BCUT2D eigenvalue weighted by Crippen LogP contribution is 2.42. The number of aliphatic hydroxyl groups is 4. The summed E-state index contributed by atoms with van der Waals surface area (Å²) in [6.45, 7) is 1.93. The molecular formula is C41H52N3O6S2-. The third-order valence-corrected chi connectivity index (χ3v) is 13.5. The fourth-order valence-electron chi connectivity index (χ4n) is 7.98. The number of aliphatic hydroxyl groups excluding tert-OH is 4. The molecule has 0 saturated heterocycles. The van der Waals surface area contributed by atoms with Crippen molar-refractivity contribution in [3.8, 4) is 23.3 Å². The summed E-state index contributed by atoms with van der Waals surface area (Å²) in [4.78, 5) is 8.92. The Morgan fingerprint density at radius 1 is 1.02 bits per heavy atom. The second-order valence-electron chi connectivity index (χ2n) is 14.5. The van der Waals surface area contributed by atoms with Gasteiger partial charge in [-0.2, -0.15) is 11.9 Å². The van der Waals surface area contributed by atoms with Crippen molar-refractivity contribution in [2.24, 2.45) is 23.7 Å². The van der Waals surface area contributed by atoms with Crippen LogP contribution >= 0.6 is 21.6 Å². The molecule has 0 radical (unpaired) electrons. The molecule has 0 unspecified atom stereocenters. The first-order valence-electron chi connectivity index (χ1n) is 18.6. The summed E-state index contributed by atoms with van der Waals surface area (Å²) in [5, 5.41) is 56.3. The molecular weight excluding hydrogens is 695 g/mol. The van der Waals surface area contributed by atoms with Crippen LogP contribution in [0.5, 0.6) is 11.5 Å². The summed E-state index contributed by atoms with van der Waals surface area (Å²) >= 11 is 0. The van der Waals surface area contributed by atoms with E-state index in [2.05, 4.69) is 34.8 Å². The van der Waals surface area contributed by atoms with E-state index in [4.69, 9.17) is 10.5 Å². The number of hydrogen-bond acceptors (Lipinski definition) is 10. The van der Waals surface area contributed by atoms with E-state index in [0.29, 0.717) is 48.9 Å². The summed E-state index contributed by atoms with van der Waals surface area (Å²) in [7, 11) is 3.18. The molecule has 3 aromatic rings. The maximum absolute atomic E-state index is 11.9. The van der Waals surface area contributed by atoms with Crippen LogP contribution in [0.3, 0.4) is 0 Å². The molecule has 6 rings (SSSR count). The quantitative estimate of drug-likeness (QED) is 0.0962. The lowest BCUT2D eigenvalue weighted by atomic mass is 9.79. The molecule has 0 saturated carbocycles. The zero-order valence-electron chi connectivity index (χ0n) is 29.8. The van der Waals surface area contributed by atoms with Crippen molar-refractivity contribution in [3.63, 3.8) is 0 Å². The number of pyridine rings is 1. The number of nitrogen functional groups attached to an aromatic ring is 1. The van der Waals surface area contributed by atoms with Crippen LogP contribution in [0.1, 0.15) is 86.1 Å². The number of nitrogens with two attached hydrogens (primary N) is 1. The van der Waals surface area contributed by atoms with Gasteiger partial charge in [0.1, 0.15) is 11.9 Å². The summed E-state index contributed by atoms with van der Waals surface area (Å²) in [6.07, 6.45) is 10.2.